The maximum Gasteiger partial charge on any atom is 0.416 e. The predicted octanol–water partition coefficient (Wildman–Crippen LogP) is 4.81. The van der Waals surface area contributed by atoms with E-state index in [1.165, 1.54) is 28.7 Å². The summed E-state index contributed by atoms with van der Waals surface area (Å²) in [5.74, 6) is -0.124. The largest absolute Gasteiger partial charge is 0.416 e. The second-order valence-electron chi connectivity index (χ2n) is 7.82. The Bertz CT molecular complexity index is 1140. The van der Waals surface area contributed by atoms with Crippen LogP contribution in [-0.2, 0) is 22.1 Å². The van der Waals surface area contributed by atoms with Crippen molar-refractivity contribution >= 4 is 43.8 Å². The van der Waals surface area contributed by atoms with Crippen LogP contribution in [0.1, 0.15) is 35.4 Å². The fraction of sp³-hybridized carbons (Fsp3) is 0.455. The Hall–Kier alpha value is -2.05. The molecule has 11 heteroatoms. The lowest BCUT2D eigenvalue weighted by atomic mass is 10.0. The number of methoxy groups -OCH3 is 1. The Morgan fingerprint density at radius 3 is 2.88 bits per heavy atom. The first-order valence-corrected chi connectivity index (χ1v) is 12.3. The first-order valence-electron chi connectivity index (χ1n) is 10.6. The van der Waals surface area contributed by atoms with Crippen LogP contribution in [0.4, 0.5) is 18.2 Å². The lowest BCUT2D eigenvalue weighted by Gasteiger charge is -2.20. The maximum atomic E-state index is 13.2. The smallest absolute Gasteiger partial charge is 0.383 e. The molecular formula is C22H25F3N4O2S2. The number of thiazole rings is 1. The lowest BCUT2D eigenvalue weighted by Crippen LogP contribution is -2.26. The third-order valence-electron chi connectivity index (χ3n) is 5.45. The Labute approximate surface area is 197 Å². The van der Waals surface area contributed by atoms with Crippen LogP contribution in [0.15, 0.2) is 18.2 Å². The summed E-state index contributed by atoms with van der Waals surface area (Å²) < 4.78 is 45.1. The summed E-state index contributed by atoms with van der Waals surface area (Å²) >= 11 is 2.86. The van der Waals surface area contributed by atoms with Gasteiger partial charge in [0.2, 0.25) is 5.91 Å². The minimum atomic E-state index is -4.42. The van der Waals surface area contributed by atoms with Crippen LogP contribution in [0.3, 0.4) is 0 Å². The Balaban J connectivity index is 1.65. The van der Waals surface area contributed by atoms with Gasteiger partial charge < -0.3 is 20.7 Å². The molecule has 1 aliphatic heterocycles. The first-order chi connectivity index (χ1) is 15.8. The number of benzene rings is 1. The average molecular weight is 499 g/mol. The fourth-order valence-corrected chi connectivity index (χ4v) is 6.19. The highest BCUT2D eigenvalue weighted by Gasteiger charge is 2.32. The van der Waals surface area contributed by atoms with Crippen LogP contribution in [0.5, 0.6) is 0 Å². The van der Waals surface area contributed by atoms with E-state index in [1.54, 1.807) is 7.11 Å². The van der Waals surface area contributed by atoms with Gasteiger partial charge in [0.25, 0.3) is 0 Å². The van der Waals surface area contributed by atoms with Crippen molar-refractivity contribution in [2.45, 2.75) is 32.0 Å². The van der Waals surface area contributed by atoms with Gasteiger partial charge in [0, 0.05) is 43.1 Å². The van der Waals surface area contributed by atoms with E-state index >= 15 is 0 Å². The molecular weight excluding hydrogens is 473 g/mol. The number of thiophene rings is 1. The SMILES string of the molecule is COCCNCCC(=O)Nc1sc2c(c1-c1nc3cc(C(F)(F)F)ccc3s1)CCNC2C. The van der Waals surface area contributed by atoms with Gasteiger partial charge in [-0.3, -0.25) is 4.79 Å². The van der Waals surface area contributed by atoms with E-state index in [1.807, 2.05) is 0 Å². The summed E-state index contributed by atoms with van der Waals surface area (Å²) in [5.41, 5.74) is 1.53. The number of nitrogens with one attached hydrogen (secondary N) is 3. The molecule has 0 saturated heterocycles. The number of carbonyl (C=O) groups is 1. The summed E-state index contributed by atoms with van der Waals surface area (Å²) in [6.07, 6.45) is -3.35. The molecule has 0 saturated carbocycles. The van der Waals surface area contributed by atoms with E-state index in [4.69, 9.17) is 4.74 Å². The Morgan fingerprint density at radius 2 is 2.12 bits per heavy atom. The zero-order valence-electron chi connectivity index (χ0n) is 18.3. The molecule has 1 amide bonds. The van der Waals surface area contributed by atoms with Gasteiger partial charge >= 0.3 is 6.18 Å². The number of aromatic nitrogens is 1. The van der Waals surface area contributed by atoms with Gasteiger partial charge in [-0.1, -0.05) is 0 Å². The van der Waals surface area contributed by atoms with Gasteiger partial charge in [0.05, 0.1) is 22.4 Å². The number of rotatable bonds is 8. The summed E-state index contributed by atoms with van der Waals surface area (Å²) in [6, 6.07) is 3.76. The Kier molecular flexibility index (Phi) is 7.34. The highest BCUT2D eigenvalue weighted by atomic mass is 32.1. The van der Waals surface area contributed by atoms with E-state index in [9.17, 15) is 18.0 Å². The number of carbonyl (C=O) groups excluding carboxylic acids is 1. The fourth-order valence-electron chi connectivity index (χ4n) is 3.80. The summed E-state index contributed by atoms with van der Waals surface area (Å²) in [6.45, 7) is 4.61. The molecule has 0 fully saturated rings. The molecule has 2 aromatic heterocycles. The molecule has 3 N–H and O–H groups in total. The van der Waals surface area contributed by atoms with Crippen LogP contribution >= 0.6 is 22.7 Å². The molecule has 1 aliphatic rings. The third-order valence-corrected chi connectivity index (χ3v) is 7.83. The number of amides is 1. The minimum absolute atomic E-state index is 0.124. The van der Waals surface area contributed by atoms with E-state index < -0.39 is 11.7 Å². The number of nitrogens with zero attached hydrogens (tertiary/aromatic N) is 1. The number of hydrogen-bond acceptors (Lipinski definition) is 7. The van der Waals surface area contributed by atoms with Crippen molar-refractivity contribution in [1.29, 1.82) is 0 Å². The van der Waals surface area contributed by atoms with Gasteiger partial charge in [0.15, 0.2) is 0 Å². The second-order valence-corrected chi connectivity index (χ2v) is 9.90. The van der Waals surface area contributed by atoms with E-state index in [2.05, 4.69) is 27.9 Å². The number of ether oxygens (including phenoxy) is 1. The van der Waals surface area contributed by atoms with Crippen molar-refractivity contribution in [2.24, 2.45) is 0 Å². The molecule has 0 spiro atoms. The number of fused-ring (bicyclic) bond motifs is 2. The topological polar surface area (TPSA) is 75.3 Å². The molecule has 0 aliphatic carbocycles. The van der Waals surface area contributed by atoms with E-state index in [-0.39, 0.29) is 11.9 Å². The first kappa shape index (κ1) is 24.1. The van der Waals surface area contributed by atoms with Crippen molar-refractivity contribution in [3.05, 3.63) is 34.2 Å². The van der Waals surface area contributed by atoms with Gasteiger partial charge in [-0.15, -0.1) is 22.7 Å². The van der Waals surface area contributed by atoms with Crippen LogP contribution in [0.2, 0.25) is 0 Å². The molecule has 1 aromatic carbocycles. The van der Waals surface area contributed by atoms with Gasteiger partial charge in [-0.25, -0.2) is 4.98 Å². The lowest BCUT2D eigenvalue weighted by molar-refractivity contribution is -0.137. The summed E-state index contributed by atoms with van der Waals surface area (Å²) in [4.78, 5) is 18.3. The van der Waals surface area contributed by atoms with Crippen molar-refractivity contribution in [1.82, 2.24) is 15.6 Å². The molecule has 6 nitrogen and oxygen atoms in total. The standard InChI is InChI=1S/C22H25F3N4O2S2/c1-12-19-14(5-8-27-12)18(21(33-19)29-17(30)6-7-26-9-10-31-2)20-28-15-11-13(22(23,24)25)3-4-16(15)32-20/h3-4,11-12,26-27H,5-10H2,1-2H3,(H,29,30). The highest BCUT2D eigenvalue weighted by molar-refractivity contribution is 7.23. The van der Waals surface area contributed by atoms with E-state index in [0.717, 1.165) is 41.1 Å². The molecule has 33 heavy (non-hydrogen) atoms. The monoisotopic (exact) mass is 498 g/mol. The number of hydrogen-bond donors (Lipinski definition) is 3. The normalized spacial score (nSPS) is 16.2. The average Bonchev–Trinajstić information content (AvgIpc) is 3.33. The highest BCUT2D eigenvalue weighted by Crippen LogP contribution is 2.47. The summed E-state index contributed by atoms with van der Waals surface area (Å²) in [7, 11) is 1.62. The number of halogens is 3. The quantitative estimate of drug-likeness (QED) is 0.389. The van der Waals surface area contributed by atoms with Crippen molar-refractivity contribution < 1.29 is 22.7 Å². The zero-order valence-corrected chi connectivity index (χ0v) is 19.9. The molecule has 4 rings (SSSR count). The Morgan fingerprint density at radius 1 is 1.30 bits per heavy atom. The minimum Gasteiger partial charge on any atom is -0.383 e. The maximum absolute atomic E-state index is 13.2. The van der Waals surface area contributed by atoms with Crippen molar-refractivity contribution in [3.63, 3.8) is 0 Å². The van der Waals surface area contributed by atoms with Gasteiger partial charge in [0.1, 0.15) is 10.0 Å². The van der Waals surface area contributed by atoms with Gasteiger partial charge in [-0.2, -0.15) is 13.2 Å². The molecule has 3 aromatic rings. The molecule has 178 valence electrons. The van der Waals surface area contributed by atoms with Crippen molar-refractivity contribution in [3.8, 4) is 10.6 Å². The molecule has 3 heterocycles. The van der Waals surface area contributed by atoms with E-state index in [0.29, 0.717) is 46.3 Å². The van der Waals surface area contributed by atoms with Crippen LogP contribution in [0, 0.1) is 0 Å². The second kappa shape index (κ2) is 10.1. The number of anilines is 1. The summed E-state index contributed by atoms with van der Waals surface area (Å²) in [5, 5.41) is 10.9. The molecule has 1 atom stereocenters. The van der Waals surface area contributed by atoms with Crippen LogP contribution < -0.4 is 16.0 Å². The zero-order chi connectivity index (χ0) is 23.6. The number of alkyl halides is 3. The molecule has 1 unspecified atom stereocenters. The molecule has 0 radical (unpaired) electrons. The predicted molar refractivity (Wildman–Crippen MR) is 126 cm³/mol. The van der Waals surface area contributed by atoms with Crippen molar-refractivity contribution in [2.75, 3.05) is 38.7 Å². The van der Waals surface area contributed by atoms with Crippen LogP contribution in [0.25, 0.3) is 20.8 Å². The van der Waals surface area contributed by atoms with Gasteiger partial charge in [-0.05, 0) is 43.7 Å². The third kappa shape index (κ3) is 5.38. The molecule has 0 bridgehead atoms. The van der Waals surface area contributed by atoms with Crippen LogP contribution in [-0.4, -0.2) is 44.2 Å².